The molecule has 2 atom stereocenters. The van der Waals surface area contributed by atoms with Crippen LogP contribution >= 0.6 is 11.6 Å². The van der Waals surface area contributed by atoms with Crippen molar-refractivity contribution in [2.24, 2.45) is 11.8 Å². The zero-order chi connectivity index (χ0) is 16.4. The number of nitrogens with zero attached hydrogens (tertiary/aromatic N) is 2. The molecule has 0 radical (unpaired) electrons. The van der Waals surface area contributed by atoms with E-state index in [1.807, 2.05) is 11.0 Å². The molecule has 6 heteroatoms. The van der Waals surface area contributed by atoms with Crippen molar-refractivity contribution in [2.75, 3.05) is 31.5 Å². The van der Waals surface area contributed by atoms with Crippen LogP contribution in [-0.2, 0) is 4.79 Å². The van der Waals surface area contributed by atoms with Crippen molar-refractivity contribution in [3.05, 3.63) is 29.3 Å². The van der Waals surface area contributed by atoms with E-state index in [4.69, 9.17) is 11.6 Å². The van der Waals surface area contributed by atoms with Crippen molar-refractivity contribution >= 4 is 29.2 Å². The Bertz CT molecular complexity index is 607. The van der Waals surface area contributed by atoms with Gasteiger partial charge in [0.25, 0.3) is 0 Å². The minimum atomic E-state index is -0.138. The first-order valence-corrected chi connectivity index (χ1v) is 8.52. The van der Waals surface area contributed by atoms with Gasteiger partial charge < -0.3 is 15.1 Å². The second-order valence-corrected chi connectivity index (χ2v) is 6.86. The largest absolute Gasteiger partial charge is 0.341 e. The Morgan fingerprint density at radius 2 is 1.87 bits per heavy atom. The fraction of sp³-hybridized carbons (Fsp3) is 0.529. The highest BCUT2D eigenvalue weighted by atomic mass is 35.5. The van der Waals surface area contributed by atoms with Gasteiger partial charge in [-0.1, -0.05) is 24.6 Å². The molecule has 3 rings (SSSR count). The number of hydrogen-bond acceptors (Lipinski definition) is 2. The van der Waals surface area contributed by atoms with Crippen LogP contribution in [0.25, 0.3) is 0 Å². The molecule has 0 aromatic heterocycles. The molecule has 0 unspecified atom stereocenters. The molecule has 124 valence electrons. The highest BCUT2D eigenvalue weighted by Crippen LogP contribution is 2.39. The van der Waals surface area contributed by atoms with E-state index >= 15 is 0 Å². The smallest absolute Gasteiger partial charge is 0.321 e. The average Bonchev–Trinajstić information content (AvgIpc) is 3.28. The molecule has 3 amide bonds. The molecule has 1 saturated carbocycles. The minimum Gasteiger partial charge on any atom is -0.341 e. The highest BCUT2D eigenvalue weighted by Gasteiger charge is 2.41. The Morgan fingerprint density at radius 1 is 1.17 bits per heavy atom. The van der Waals surface area contributed by atoms with Gasteiger partial charge in [0.05, 0.1) is 0 Å². The summed E-state index contributed by atoms with van der Waals surface area (Å²) in [5.41, 5.74) is 0.687. The van der Waals surface area contributed by atoms with E-state index in [1.165, 1.54) is 0 Å². The van der Waals surface area contributed by atoms with Crippen LogP contribution < -0.4 is 5.32 Å². The first kappa shape index (κ1) is 16.1. The summed E-state index contributed by atoms with van der Waals surface area (Å²) < 4.78 is 0. The van der Waals surface area contributed by atoms with Gasteiger partial charge in [-0.25, -0.2) is 4.79 Å². The standard InChI is InChI=1S/C17H22ClN3O2/c1-12-10-15(12)16(22)20-6-3-7-21(9-8-20)17(23)19-14-5-2-4-13(18)11-14/h2,4-5,11-12,15H,3,6-10H2,1H3,(H,19,23)/t12-,15+/m0/s1. The molecule has 1 aliphatic heterocycles. The number of nitrogens with one attached hydrogen (secondary N) is 1. The maximum absolute atomic E-state index is 12.4. The van der Waals surface area contributed by atoms with E-state index in [1.54, 1.807) is 23.1 Å². The summed E-state index contributed by atoms with van der Waals surface area (Å²) in [6.45, 7) is 4.70. The van der Waals surface area contributed by atoms with Gasteiger partial charge in [0.1, 0.15) is 0 Å². The van der Waals surface area contributed by atoms with Gasteiger partial charge in [-0.2, -0.15) is 0 Å². The molecule has 1 aliphatic carbocycles. The number of amides is 3. The molecule has 23 heavy (non-hydrogen) atoms. The van der Waals surface area contributed by atoms with Crippen molar-refractivity contribution in [1.82, 2.24) is 9.80 Å². The molecule has 5 nitrogen and oxygen atoms in total. The van der Waals surface area contributed by atoms with E-state index in [9.17, 15) is 9.59 Å². The highest BCUT2D eigenvalue weighted by molar-refractivity contribution is 6.30. The summed E-state index contributed by atoms with van der Waals surface area (Å²) in [5.74, 6) is 0.990. The molecule has 1 heterocycles. The lowest BCUT2D eigenvalue weighted by Gasteiger charge is -2.22. The monoisotopic (exact) mass is 335 g/mol. The Morgan fingerprint density at radius 3 is 2.57 bits per heavy atom. The molecule has 1 aromatic rings. The molecular weight excluding hydrogens is 314 g/mol. The van der Waals surface area contributed by atoms with Crippen LogP contribution in [0.4, 0.5) is 10.5 Å². The van der Waals surface area contributed by atoms with Crippen molar-refractivity contribution in [3.8, 4) is 0 Å². The summed E-state index contributed by atoms with van der Waals surface area (Å²) in [6, 6.07) is 6.97. The summed E-state index contributed by atoms with van der Waals surface area (Å²) in [7, 11) is 0. The lowest BCUT2D eigenvalue weighted by Crippen LogP contribution is -2.39. The lowest BCUT2D eigenvalue weighted by molar-refractivity contribution is -0.132. The summed E-state index contributed by atoms with van der Waals surface area (Å²) in [4.78, 5) is 28.4. The van der Waals surface area contributed by atoms with E-state index in [-0.39, 0.29) is 17.9 Å². The lowest BCUT2D eigenvalue weighted by atomic mass is 10.3. The van der Waals surface area contributed by atoms with Crippen LogP contribution in [0.2, 0.25) is 5.02 Å². The van der Waals surface area contributed by atoms with Gasteiger partial charge in [0, 0.05) is 42.8 Å². The number of carbonyl (C=O) groups is 2. The number of benzene rings is 1. The molecule has 1 saturated heterocycles. The fourth-order valence-corrected chi connectivity index (χ4v) is 3.20. The van der Waals surface area contributed by atoms with Crippen LogP contribution in [0.1, 0.15) is 19.8 Å². The molecule has 0 spiro atoms. The van der Waals surface area contributed by atoms with Crippen molar-refractivity contribution in [2.45, 2.75) is 19.8 Å². The predicted molar refractivity (Wildman–Crippen MR) is 90.5 cm³/mol. The van der Waals surface area contributed by atoms with Crippen LogP contribution in [0, 0.1) is 11.8 Å². The molecule has 2 aliphatic rings. The number of carbonyl (C=O) groups excluding carboxylic acids is 2. The maximum atomic E-state index is 12.4. The summed E-state index contributed by atoms with van der Waals surface area (Å²) in [6.07, 6.45) is 1.82. The summed E-state index contributed by atoms with van der Waals surface area (Å²) in [5, 5.41) is 3.46. The zero-order valence-corrected chi connectivity index (χ0v) is 14.1. The second-order valence-electron chi connectivity index (χ2n) is 6.43. The van der Waals surface area contributed by atoms with Gasteiger partial charge in [-0.15, -0.1) is 0 Å². The Balaban J connectivity index is 1.55. The fourth-order valence-electron chi connectivity index (χ4n) is 3.01. The number of urea groups is 1. The van der Waals surface area contributed by atoms with E-state index < -0.39 is 0 Å². The third-order valence-electron chi connectivity index (χ3n) is 4.60. The minimum absolute atomic E-state index is 0.138. The van der Waals surface area contributed by atoms with Gasteiger partial charge in [-0.05, 0) is 37.0 Å². The van der Waals surface area contributed by atoms with E-state index in [0.717, 1.165) is 19.4 Å². The molecule has 1 aromatic carbocycles. The zero-order valence-electron chi connectivity index (χ0n) is 13.3. The first-order chi connectivity index (χ1) is 11.0. The van der Waals surface area contributed by atoms with Gasteiger partial charge in [-0.3, -0.25) is 4.79 Å². The molecular formula is C17H22ClN3O2. The van der Waals surface area contributed by atoms with Crippen molar-refractivity contribution in [1.29, 1.82) is 0 Å². The third kappa shape index (κ3) is 3.96. The van der Waals surface area contributed by atoms with Crippen molar-refractivity contribution < 1.29 is 9.59 Å². The van der Waals surface area contributed by atoms with Gasteiger partial charge in [0.15, 0.2) is 0 Å². The number of anilines is 1. The quantitative estimate of drug-likeness (QED) is 0.903. The van der Waals surface area contributed by atoms with Gasteiger partial charge >= 0.3 is 6.03 Å². The average molecular weight is 336 g/mol. The van der Waals surface area contributed by atoms with Gasteiger partial charge in [0.2, 0.25) is 5.91 Å². The number of hydrogen-bond donors (Lipinski definition) is 1. The van der Waals surface area contributed by atoms with Crippen molar-refractivity contribution in [3.63, 3.8) is 0 Å². The third-order valence-corrected chi connectivity index (χ3v) is 4.83. The number of halogens is 1. The SMILES string of the molecule is C[C@H]1C[C@H]1C(=O)N1CCCN(C(=O)Nc2cccc(Cl)c2)CC1. The maximum Gasteiger partial charge on any atom is 0.321 e. The Hall–Kier alpha value is -1.75. The van der Waals surface area contributed by atoms with Crippen LogP contribution in [0.3, 0.4) is 0 Å². The first-order valence-electron chi connectivity index (χ1n) is 8.15. The molecule has 0 bridgehead atoms. The van der Waals surface area contributed by atoms with E-state index in [0.29, 0.717) is 36.3 Å². The van der Waals surface area contributed by atoms with Crippen LogP contribution in [-0.4, -0.2) is 47.9 Å². The van der Waals surface area contributed by atoms with Crippen LogP contribution in [0.5, 0.6) is 0 Å². The second kappa shape index (κ2) is 6.79. The Labute approximate surface area is 141 Å². The molecule has 2 fully saturated rings. The normalized spacial score (nSPS) is 24.1. The molecule has 1 N–H and O–H groups in total. The predicted octanol–water partition coefficient (Wildman–Crippen LogP) is 3.06. The summed E-state index contributed by atoms with van der Waals surface area (Å²) >= 11 is 5.93. The number of rotatable bonds is 2. The van der Waals surface area contributed by atoms with E-state index in [2.05, 4.69) is 12.2 Å². The Kier molecular flexibility index (Phi) is 4.76. The van der Waals surface area contributed by atoms with Crippen LogP contribution in [0.15, 0.2) is 24.3 Å². The topological polar surface area (TPSA) is 52.7 Å².